The third-order valence-corrected chi connectivity index (χ3v) is 4.40. The fourth-order valence-corrected chi connectivity index (χ4v) is 3.12. The van der Waals surface area contributed by atoms with E-state index >= 15 is 0 Å². The summed E-state index contributed by atoms with van der Waals surface area (Å²) in [6.07, 6.45) is -0.106. The molecule has 0 aromatic heterocycles. The molecular formula is C20H33N3O8. The number of allylic oxidation sites excluding steroid dienone is 1. The highest BCUT2D eigenvalue weighted by Crippen LogP contribution is 2.33. The first-order valence-corrected chi connectivity index (χ1v) is 9.85. The number of amides is 3. The Morgan fingerprint density at radius 3 is 2.29 bits per heavy atom. The molecule has 176 valence electrons. The van der Waals surface area contributed by atoms with Crippen LogP contribution in [0, 0.1) is 0 Å². The molecule has 0 spiro atoms. The lowest BCUT2D eigenvalue weighted by atomic mass is 10.1. The van der Waals surface area contributed by atoms with Gasteiger partial charge in [0.1, 0.15) is 23.1 Å². The van der Waals surface area contributed by atoms with E-state index in [2.05, 4.69) is 15.4 Å². The van der Waals surface area contributed by atoms with Gasteiger partial charge in [0.05, 0.1) is 19.8 Å². The van der Waals surface area contributed by atoms with E-state index in [1.54, 1.807) is 41.5 Å². The van der Waals surface area contributed by atoms with Crippen LogP contribution in [0.25, 0.3) is 0 Å². The zero-order valence-electron chi connectivity index (χ0n) is 19.3. The van der Waals surface area contributed by atoms with Crippen molar-refractivity contribution in [2.24, 2.45) is 0 Å². The molecule has 0 bridgehead atoms. The topological polar surface area (TPSA) is 144 Å². The number of nitrogens with zero attached hydrogens (tertiary/aromatic N) is 1. The molecule has 1 fully saturated rings. The Morgan fingerprint density at radius 1 is 1.26 bits per heavy atom. The van der Waals surface area contributed by atoms with Gasteiger partial charge in [-0.05, 0) is 48.5 Å². The normalized spacial score (nSPS) is 21.8. The number of rotatable bonds is 6. The van der Waals surface area contributed by atoms with E-state index in [9.17, 15) is 24.3 Å². The Morgan fingerprint density at radius 2 is 1.84 bits per heavy atom. The van der Waals surface area contributed by atoms with Crippen LogP contribution in [0.1, 0.15) is 48.5 Å². The summed E-state index contributed by atoms with van der Waals surface area (Å²) >= 11 is 0. The lowest BCUT2D eigenvalue weighted by Gasteiger charge is -2.34. The molecule has 0 aromatic rings. The highest BCUT2D eigenvalue weighted by Gasteiger charge is 2.53. The van der Waals surface area contributed by atoms with E-state index < -0.39 is 60.0 Å². The third kappa shape index (κ3) is 6.66. The summed E-state index contributed by atoms with van der Waals surface area (Å²) < 4.78 is 15.7. The fraction of sp³-hybridized carbons (Fsp3) is 0.700. The lowest BCUT2D eigenvalue weighted by molar-refractivity contribution is -0.145. The van der Waals surface area contributed by atoms with Crippen LogP contribution in [-0.2, 0) is 28.6 Å². The molecule has 0 saturated carbocycles. The molecule has 0 aromatic carbocycles. The number of nitrogens with one attached hydrogen (secondary N) is 2. The SMILES string of the molecule is C/C=C(\NC(=O)[C@@H]1[C@@H](C)OC(C)(C)N1C(=O)OC(C)(C)C)C(=O)N[C@@H](CO)C(=O)OC. The number of ether oxygens (including phenoxy) is 3. The van der Waals surface area contributed by atoms with E-state index in [0.29, 0.717) is 0 Å². The van der Waals surface area contributed by atoms with E-state index in [1.165, 1.54) is 17.9 Å². The largest absolute Gasteiger partial charge is 0.467 e. The van der Waals surface area contributed by atoms with Crippen LogP contribution in [0.2, 0.25) is 0 Å². The summed E-state index contributed by atoms with van der Waals surface area (Å²) in [6.45, 7) is 10.8. The summed E-state index contributed by atoms with van der Waals surface area (Å²) in [6, 6.07) is -2.38. The van der Waals surface area contributed by atoms with Gasteiger partial charge in [0.15, 0.2) is 6.04 Å². The second-order valence-corrected chi connectivity index (χ2v) is 8.49. The first-order valence-electron chi connectivity index (χ1n) is 9.85. The smallest absolute Gasteiger partial charge is 0.413 e. The Kier molecular flexibility index (Phi) is 8.59. The van der Waals surface area contributed by atoms with Crippen molar-refractivity contribution in [1.82, 2.24) is 15.5 Å². The predicted molar refractivity (Wildman–Crippen MR) is 109 cm³/mol. The number of aliphatic hydroxyl groups excluding tert-OH is 1. The maximum atomic E-state index is 13.0. The highest BCUT2D eigenvalue weighted by molar-refractivity contribution is 6.00. The Bertz CT molecular complexity index is 741. The second kappa shape index (κ2) is 10.1. The highest BCUT2D eigenvalue weighted by atomic mass is 16.6. The van der Waals surface area contributed by atoms with Gasteiger partial charge < -0.3 is 30.0 Å². The van der Waals surface area contributed by atoms with Gasteiger partial charge in [-0.25, -0.2) is 9.59 Å². The van der Waals surface area contributed by atoms with Crippen molar-refractivity contribution in [3.05, 3.63) is 11.8 Å². The third-order valence-electron chi connectivity index (χ3n) is 4.40. The van der Waals surface area contributed by atoms with Crippen LogP contribution in [-0.4, -0.2) is 77.1 Å². The van der Waals surface area contributed by atoms with Crippen LogP contribution in [0.4, 0.5) is 4.79 Å². The molecule has 3 atom stereocenters. The average molecular weight is 443 g/mol. The van der Waals surface area contributed by atoms with Crippen LogP contribution >= 0.6 is 0 Å². The van der Waals surface area contributed by atoms with Gasteiger partial charge in [-0.15, -0.1) is 0 Å². The molecule has 1 rings (SSSR count). The van der Waals surface area contributed by atoms with Crippen molar-refractivity contribution in [3.8, 4) is 0 Å². The van der Waals surface area contributed by atoms with Crippen molar-refractivity contribution in [3.63, 3.8) is 0 Å². The van der Waals surface area contributed by atoms with Crippen molar-refractivity contribution >= 4 is 23.9 Å². The van der Waals surface area contributed by atoms with Crippen molar-refractivity contribution in [2.45, 2.75) is 78.0 Å². The van der Waals surface area contributed by atoms with Crippen molar-refractivity contribution in [2.75, 3.05) is 13.7 Å². The minimum Gasteiger partial charge on any atom is -0.467 e. The van der Waals surface area contributed by atoms with E-state index in [1.807, 2.05) is 0 Å². The quantitative estimate of drug-likeness (QED) is 0.396. The summed E-state index contributed by atoms with van der Waals surface area (Å²) in [4.78, 5) is 51.1. The fourth-order valence-electron chi connectivity index (χ4n) is 3.12. The molecule has 3 amide bonds. The maximum Gasteiger partial charge on any atom is 0.413 e. The number of carbonyl (C=O) groups is 4. The molecule has 31 heavy (non-hydrogen) atoms. The Labute approximate surface area is 182 Å². The van der Waals surface area contributed by atoms with Gasteiger partial charge in [-0.3, -0.25) is 14.5 Å². The molecule has 3 N–H and O–H groups in total. The molecule has 1 aliphatic heterocycles. The molecule has 1 saturated heterocycles. The summed E-state index contributed by atoms with van der Waals surface area (Å²) in [5, 5.41) is 14.0. The van der Waals surface area contributed by atoms with Crippen molar-refractivity contribution < 1.29 is 38.5 Å². The van der Waals surface area contributed by atoms with E-state index in [0.717, 1.165) is 7.11 Å². The lowest BCUT2D eigenvalue weighted by Crippen LogP contribution is -2.56. The molecule has 0 aliphatic carbocycles. The Balaban J connectivity index is 3.05. The number of carbonyl (C=O) groups excluding carboxylic acids is 4. The number of esters is 1. The van der Waals surface area contributed by atoms with Gasteiger partial charge in [0.2, 0.25) is 5.91 Å². The number of methoxy groups -OCH3 is 1. The zero-order chi connectivity index (χ0) is 24.1. The van der Waals surface area contributed by atoms with Crippen LogP contribution in [0.5, 0.6) is 0 Å². The van der Waals surface area contributed by atoms with Gasteiger partial charge in [-0.2, -0.15) is 0 Å². The molecule has 0 unspecified atom stereocenters. The van der Waals surface area contributed by atoms with Gasteiger partial charge in [-0.1, -0.05) is 6.08 Å². The molecule has 11 nitrogen and oxygen atoms in total. The summed E-state index contributed by atoms with van der Waals surface area (Å²) in [7, 11) is 1.12. The van der Waals surface area contributed by atoms with Gasteiger partial charge >= 0.3 is 12.1 Å². The number of hydrogen-bond acceptors (Lipinski definition) is 8. The van der Waals surface area contributed by atoms with E-state index in [-0.39, 0.29) is 5.70 Å². The minimum absolute atomic E-state index is 0.173. The monoisotopic (exact) mass is 443 g/mol. The standard InChI is InChI=1S/C20H33N3O8/c1-9-12(15(25)22-13(10-24)17(27)29-8)21-16(26)14-11(2)30-20(6,7)23(14)18(28)31-19(3,4)5/h9,11,13-14,24H,10H2,1-8H3,(H,21,26)(H,22,25)/b12-9-/t11-,13+,14+/m1/s1. The van der Waals surface area contributed by atoms with E-state index in [4.69, 9.17) is 9.47 Å². The van der Waals surface area contributed by atoms with Gasteiger partial charge in [0, 0.05) is 0 Å². The molecule has 1 heterocycles. The zero-order valence-corrected chi connectivity index (χ0v) is 19.3. The van der Waals surface area contributed by atoms with Crippen molar-refractivity contribution in [1.29, 1.82) is 0 Å². The second-order valence-electron chi connectivity index (χ2n) is 8.49. The van der Waals surface area contributed by atoms with Crippen LogP contribution < -0.4 is 10.6 Å². The number of aliphatic hydroxyl groups is 1. The summed E-state index contributed by atoms with van der Waals surface area (Å²) in [5.74, 6) is -2.32. The molecular weight excluding hydrogens is 410 g/mol. The molecule has 11 heteroatoms. The first-order chi connectivity index (χ1) is 14.2. The van der Waals surface area contributed by atoms with Crippen LogP contribution in [0.15, 0.2) is 11.8 Å². The molecule has 1 aliphatic rings. The predicted octanol–water partition coefficient (Wildman–Crippen LogP) is 0.417. The average Bonchev–Trinajstić information content (AvgIpc) is 2.89. The first kappa shape index (κ1) is 26.4. The molecule has 0 radical (unpaired) electrons. The number of hydrogen-bond donors (Lipinski definition) is 3. The van der Waals surface area contributed by atoms with Gasteiger partial charge in [0.25, 0.3) is 5.91 Å². The van der Waals surface area contributed by atoms with Crippen LogP contribution in [0.3, 0.4) is 0 Å². The Hall–Kier alpha value is -2.66. The summed E-state index contributed by atoms with van der Waals surface area (Å²) in [5.41, 5.74) is -2.09. The maximum absolute atomic E-state index is 13.0. The minimum atomic E-state index is -1.30.